The summed E-state index contributed by atoms with van der Waals surface area (Å²) in [5.41, 5.74) is 5.84. The second kappa shape index (κ2) is 10.4. The van der Waals surface area contributed by atoms with E-state index in [1.165, 1.54) is 16.7 Å². The van der Waals surface area contributed by atoms with Gasteiger partial charge in [-0.3, -0.25) is 0 Å². The van der Waals surface area contributed by atoms with Gasteiger partial charge in [0.2, 0.25) is 0 Å². The van der Waals surface area contributed by atoms with Gasteiger partial charge in [-0.25, -0.2) is 0 Å². The number of halogens is 1. The smallest absolute Gasteiger partial charge is 0.265 e. The summed E-state index contributed by atoms with van der Waals surface area (Å²) in [6.45, 7) is 9.30. The molecule has 0 unspecified atom stereocenters. The molecule has 3 aromatic rings. The van der Waals surface area contributed by atoms with E-state index in [-0.39, 0.29) is 0 Å². The lowest BCUT2D eigenvalue weighted by Gasteiger charge is -2.38. The Balaban J connectivity index is 2.16. The fraction of sp³-hybridized carbons (Fsp3) is 0.259. The van der Waals surface area contributed by atoms with Gasteiger partial charge >= 0.3 is 0 Å². The molecule has 1 nitrogen and oxygen atoms in total. The van der Waals surface area contributed by atoms with Gasteiger partial charge in [0.1, 0.15) is 5.75 Å². The Labute approximate surface area is 196 Å². The number of hydrogen-bond donors (Lipinski definition) is 0. The van der Waals surface area contributed by atoms with Gasteiger partial charge in [0.15, 0.2) is 0 Å². The van der Waals surface area contributed by atoms with Crippen LogP contribution in [0.4, 0.5) is 0 Å². The fourth-order valence-corrected chi connectivity index (χ4v) is 12.7. The maximum atomic E-state index is 7.04. The highest BCUT2D eigenvalue weighted by Crippen LogP contribution is 2.40. The standard InChI is InChI=1S/C27H31IOSi/c1-21(2)30(20-28,22(3)4)29-27-18-12-11-17-25(27)26(24-15-9-6-10-16-24)19-23-13-7-5-8-14-23/h5-19,21-22H,20H2,1-4H3/b26-19+. The molecule has 0 spiro atoms. The predicted molar refractivity (Wildman–Crippen MR) is 142 cm³/mol. The minimum Gasteiger partial charge on any atom is -0.542 e. The molecule has 0 bridgehead atoms. The van der Waals surface area contributed by atoms with Crippen molar-refractivity contribution in [1.29, 1.82) is 0 Å². The Morgan fingerprint density at radius 3 is 1.90 bits per heavy atom. The number of hydrogen-bond acceptors (Lipinski definition) is 1. The minimum absolute atomic E-state index is 0.542. The molecule has 3 rings (SSSR count). The SMILES string of the molecule is CC(C)[Si](CI)(Oc1ccccc1/C(=C/c1ccccc1)c1ccccc1)C(C)C. The van der Waals surface area contributed by atoms with E-state index >= 15 is 0 Å². The third kappa shape index (κ3) is 5.06. The zero-order valence-corrected chi connectivity index (χ0v) is 21.5. The number of rotatable bonds is 8. The summed E-state index contributed by atoms with van der Waals surface area (Å²) in [4.78, 5) is 0. The summed E-state index contributed by atoms with van der Waals surface area (Å²) < 4.78 is 8.12. The van der Waals surface area contributed by atoms with Crippen molar-refractivity contribution in [2.24, 2.45) is 0 Å². The third-order valence-corrected chi connectivity index (χ3v) is 14.3. The number of alkyl halides is 1. The van der Waals surface area contributed by atoms with Crippen LogP contribution in [0.3, 0.4) is 0 Å². The highest BCUT2D eigenvalue weighted by molar-refractivity contribution is 14.1. The average molecular weight is 527 g/mol. The van der Waals surface area contributed by atoms with E-state index in [0.29, 0.717) is 11.1 Å². The maximum Gasteiger partial charge on any atom is 0.265 e. The Kier molecular flexibility index (Phi) is 7.95. The zero-order chi connectivity index (χ0) is 21.6. The summed E-state index contributed by atoms with van der Waals surface area (Å²) in [5.74, 6) is 1.01. The first-order valence-corrected chi connectivity index (χ1v) is 14.4. The Morgan fingerprint density at radius 2 is 1.33 bits per heavy atom. The van der Waals surface area contributed by atoms with Crippen LogP contribution in [-0.4, -0.2) is 12.4 Å². The third-order valence-electron chi connectivity index (χ3n) is 5.84. The summed E-state index contributed by atoms with van der Waals surface area (Å²) in [5, 5.41) is 0. The molecule has 0 heterocycles. The molecule has 3 aromatic carbocycles. The van der Waals surface area contributed by atoms with Crippen molar-refractivity contribution in [3.05, 3.63) is 102 Å². The van der Waals surface area contributed by atoms with E-state index < -0.39 is 8.32 Å². The first kappa shape index (κ1) is 22.8. The molecule has 30 heavy (non-hydrogen) atoms. The predicted octanol–water partition coefficient (Wildman–Crippen LogP) is 8.39. The molecular weight excluding hydrogens is 495 g/mol. The van der Waals surface area contributed by atoms with E-state index in [4.69, 9.17) is 4.43 Å². The van der Waals surface area contributed by atoms with Crippen molar-refractivity contribution in [2.75, 3.05) is 4.05 Å². The highest BCUT2D eigenvalue weighted by Gasteiger charge is 2.43. The van der Waals surface area contributed by atoms with E-state index in [9.17, 15) is 0 Å². The molecule has 156 valence electrons. The second-order valence-electron chi connectivity index (χ2n) is 8.33. The molecule has 0 atom stereocenters. The van der Waals surface area contributed by atoms with E-state index in [1.807, 2.05) is 0 Å². The Morgan fingerprint density at radius 1 is 0.800 bits per heavy atom. The first-order valence-electron chi connectivity index (χ1n) is 10.6. The number of para-hydroxylation sites is 1. The van der Waals surface area contributed by atoms with E-state index in [1.54, 1.807) is 0 Å². The van der Waals surface area contributed by atoms with Gasteiger partial charge in [0, 0.05) is 9.61 Å². The molecule has 0 N–H and O–H groups in total. The van der Waals surface area contributed by atoms with Crippen molar-refractivity contribution in [2.45, 2.75) is 38.8 Å². The van der Waals surface area contributed by atoms with Crippen LogP contribution in [0.25, 0.3) is 11.6 Å². The Bertz CT molecular complexity index is 956. The average Bonchev–Trinajstić information content (AvgIpc) is 2.77. The van der Waals surface area contributed by atoms with Crippen LogP contribution in [0.1, 0.15) is 44.4 Å². The molecule has 0 radical (unpaired) electrons. The molecule has 0 amide bonds. The lowest BCUT2D eigenvalue weighted by molar-refractivity contribution is 0.505. The first-order chi connectivity index (χ1) is 14.5. The van der Waals surface area contributed by atoms with Gasteiger partial charge in [0.25, 0.3) is 8.32 Å². The van der Waals surface area contributed by atoms with Gasteiger partial charge in [-0.05, 0) is 39.9 Å². The molecule has 0 aliphatic carbocycles. The molecule has 0 fully saturated rings. The van der Waals surface area contributed by atoms with Crippen molar-refractivity contribution < 1.29 is 4.43 Å². The number of benzene rings is 3. The zero-order valence-electron chi connectivity index (χ0n) is 18.3. The summed E-state index contributed by atoms with van der Waals surface area (Å²) in [7, 11) is -1.98. The van der Waals surface area contributed by atoms with Gasteiger partial charge in [0.05, 0.1) is 0 Å². The molecule has 0 aromatic heterocycles. The lowest BCUT2D eigenvalue weighted by Crippen LogP contribution is -2.50. The summed E-state index contributed by atoms with van der Waals surface area (Å²) in [6, 6.07) is 29.7. The van der Waals surface area contributed by atoms with Crippen LogP contribution in [0, 0.1) is 0 Å². The molecule has 0 saturated heterocycles. The van der Waals surface area contributed by atoms with Gasteiger partial charge in [-0.1, -0.05) is 129 Å². The highest BCUT2D eigenvalue weighted by atomic mass is 127. The molecule has 3 heteroatoms. The monoisotopic (exact) mass is 526 g/mol. The van der Waals surface area contributed by atoms with Crippen molar-refractivity contribution in [3.8, 4) is 5.75 Å². The summed E-state index contributed by atoms with van der Waals surface area (Å²) >= 11 is 2.54. The minimum atomic E-state index is -1.98. The second-order valence-corrected chi connectivity index (χ2v) is 15.3. The quantitative estimate of drug-likeness (QED) is 0.124. The lowest BCUT2D eigenvalue weighted by atomic mass is 9.95. The molecule has 0 saturated carbocycles. The van der Waals surface area contributed by atoms with Crippen LogP contribution in [0.2, 0.25) is 11.1 Å². The van der Waals surface area contributed by atoms with Gasteiger partial charge < -0.3 is 4.43 Å². The maximum absolute atomic E-state index is 7.04. The van der Waals surface area contributed by atoms with E-state index in [2.05, 4.69) is 141 Å². The topological polar surface area (TPSA) is 9.23 Å². The van der Waals surface area contributed by atoms with Gasteiger partial charge in [-0.15, -0.1) is 0 Å². The van der Waals surface area contributed by atoms with Crippen LogP contribution in [-0.2, 0) is 0 Å². The van der Waals surface area contributed by atoms with Crippen LogP contribution in [0.5, 0.6) is 5.75 Å². The van der Waals surface area contributed by atoms with Crippen LogP contribution < -0.4 is 4.43 Å². The fourth-order valence-electron chi connectivity index (χ4n) is 3.87. The van der Waals surface area contributed by atoms with Crippen LogP contribution in [0.15, 0.2) is 84.9 Å². The molecular formula is C27H31IOSi. The van der Waals surface area contributed by atoms with Gasteiger partial charge in [-0.2, -0.15) is 0 Å². The van der Waals surface area contributed by atoms with Crippen molar-refractivity contribution in [3.63, 3.8) is 0 Å². The largest absolute Gasteiger partial charge is 0.542 e. The molecule has 0 aliphatic heterocycles. The van der Waals surface area contributed by atoms with E-state index in [0.717, 1.165) is 15.4 Å². The molecule has 0 aliphatic rings. The van der Waals surface area contributed by atoms with Crippen LogP contribution >= 0.6 is 22.6 Å². The normalized spacial score (nSPS) is 12.4. The van der Waals surface area contributed by atoms with Crippen molar-refractivity contribution in [1.82, 2.24) is 0 Å². The Hall–Kier alpha value is -1.85. The van der Waals surface area contributed by atoms with Crippen molar-refractivity contribution >= 4 is 42.6 Å². The summed E-state index contributed by atoms with van der Waals surface area (Å²) in [6.07, 6.45) is 2.27.